The summed E-state index contributed by atoms with van der Waals surface area (Å²) < 4.78 is 4.83. The Hall–Kier alpha value is -3.80. The monoisotopic (exact) mass is 513 g/mol. The summed E-state index contributed by atoms with van der Waals surface area (Å²) in [6.45, 7) is 0.646. The third-order valence-electron chi connectivity index (χ3n) is 7.41. The van der Waals surface area contributed by atoms with Crippen LogP contribution >= 0.6 is 0 Å². The van der Waals surface area contributed by atoms with Crippen LogP contribution in [0.3, 0.4) is 0 Å². The van der Waals surface area contributed by atoms with Crippen LogP contribution in [0.5, 0.6) is 0 Å². The molecule has 3 aromatic rings. The van der Waals surface area contributed by atoms with Gasteiger partial charge >= 0.3 is 5.97 Å². The number of amides is 1. The van der Waals surface area contributed by atoms with E-state index in [0.717, 1.165) is 48.2 Å². The molecule has 0 spiro atoms. The summed E-state index contributed by atoms with van der Waals surface area (Å²) in [6, 6.07) is 24.9. The van der Waals surface area contributed by atoms with Crippen LogP contribution in [0.2, 0.25) is 0 Å². The average molecular weight is 514 g/mol. The number of nitrogens with zero attached hydrogens (tertiary/aromatic N) is 3. The molecule has 1 fully saturated rings. The van der Waals surface area contributed by atoms with Gasteiger partial charge in [-0.1, -0.05) is 61.7 Å². The van der Waals surface area contributed by atoms with Gasteiger partial charge in [-0.25, -0.2) is 0 Å². The molecule has 0 saturated heterocycles. The van der Waals surface area contributed by atoms with E-state index in [0.29, 0.717) is 6.54 Å². The fourth-order valence-electron chi connectivity index (χ4n) is 5.05. The molecule has 6 heteroatoms. The molecule has 1 aliphatic rings. The molecule has 38 heavy (non-hydrogen) atoms. The van der Waals surface area contributed by atoms with Crippen molar-refractivity contribution in [3.63, 3.8) is 0 Å². The lowest BCUT2D eigenvalue weighted by atomic mass is 9.88. The summed E-state index contributed by atoms with van der Waals surface area (Å²) in [4.78, 5) is 31.5. The first-order chi connectivity index (χ1) is 18.4. The van der Waals surface area contributed by atoms with Gasteiger partial charge in [-0.2, -0.15) is 0 Å². The largest absolute Gasteiger partial charge is 0.468 e. The van der Waals surface area contributed by atoms with E-state index in [1.807, 2.05) is 55.2 Å². The molecule has 1 saturated carbocycles. The van der Waals surface area contributed by atoms with Crippen LogP contribution in [-0.4, -0.2) is 46.7 Å². The van der Waals surface area contributed by atoms with Crippen molar-refractivity contribution in [3.05, 3.63) is 78.4 Å². The molecule has 0 unspecified atom stereocenters. The molecule has 0 radical (unpaired) electrons. The Morgan fingerprint density at radius 2 is 1.39 bits per heavy atom. The number of benzene rings is 3. The molecular formula is C32H39N3O3. The Morgan fingerprint density at radius 1 is 0.789 bits per heavy atom. The zero-order valence-corrected chi connectivity index (χ0v) is 23.0. The van der Waals surface area contributed by atoms with Crippen molar-refractivity contribution < 1.29 is 14.3 Å². The summed E-state index contributed by atoms with van der Waals surface area (Å²) in [6.07, 6.45) is 5.30. The number of rotatable bonds is 9. The van der Waals surface area contributed by atoms with E-state index >= 15 is 0 Å². The number of carbonyl (C=O) groups is 2. The number of anilines is 3. The van der Waals surface area contributed by atoms with Crippen molar-refractivity contribution in [2.45, 2.75) is 38.6 Å². The highest BCUT2D eigenvalue weighted by Crippen LogP contribution is 2.31. The first kappa shape index (κ1) is 27.2. The van der Waals surface area contributed by atoms with Gasteiger partial charge in [-0.3, -0.25) is 9.59 Å². The second-order valence-corrected chi connectivity index (χ2v) is 10.3. The fourth-order valence-corrected chi connectivity index (χ4v) is 5.05. The van der Waals surface area contributed by atoms with Gasteiger partial charge in [0.15, 0.2) is 0 Å². The molecule has 0 heterocycles. The van der Waals surface area contributed by atoms with Gasteiger partial charge in [0.25, 0.3) is 0 Å². The highest BCUT2D eigenvalue weighted by atomic mass is 16.5. The molecule has 0 bridgehead atoms. The van der Waals surface area contributed by atoms with Gasteiger partial charge in [0.1, 0.15) is 6.54 Å². The van der Waals surface area contributed by atoms with Crippen LogP contribution in [0.25, 0.3) is 11.1 Å². The van der Waals surface area contributed by atoms with Crippen molar-refractivity contribution in [3.8, 4) is 11.1 Å². The van der Waals surface area contributed by atoms with E-state index in [9.17, 15) is 9.59 Å². The third-order valence-corrected chi connectivity index (χ3v) is 7.41. The summed E-state index contributed by atoms with van der Waals surface area (Å²) in [5, 5.41) is 0. The van der Waals surface area contributed by atoms with Gasteiger partial charge in [0, 0.05) is 44.1 Å². The number of hydrogen-bond acceptors (Lipinski definition) is 5. The predicted molar refractivity (Wildman–Crippen MR) is 156 cm³/mol. The molecule has 3 aromatic carbocycles. The molecule has 1 aliphatic carbocycles. The van der Waals surface area contributed by atoms with Gasteiger partial charge in [0.05, 0.1) is 13.7 Å². The molecule has 0 N–H and O–H groups in total. The quantitative estimate of drug-likeness (QED) is 0.322. The van der Waals surface area contributed by atoms with E-state index in [1.165, 1.54) is 24.8 Å². The highest BCUT2D eigenvalue weighted by Gasteiger charge is 2.27. The Morgan fingerprint density at radius 3 is 2.00 bits per heavy atom. The van der Waals surface area contributed by atoms with Crippen molar-refractivity contribution in [1.82, 2.24) is 0 Å². The SMILES string of the molecule is COC(=O)CN(C)c1cccc(N(Cc2ccc(-c3ccc(N(C)C)cc3)cc2)C(=O)C2CCCCC2)c1. The summed E-state index contributed by atoms with van der Waals surface area (Å²) in [5.74, 6) is -0.0694. The maximum atomic E-state index is 13.8. The van der Waals surface area contributed by atoms with Gasteiger partial charge in [-0.05, 0) is 59.9 Å². The van der Waals surface area contributed by atoms with Gasteiger partial charge in [-0.15, -0.1) is 0 Å². The average Bonchev–Trinajstić information content (AvgIpc) is 2.96. The Labute approximate surface area is 226 Å². The molecule has 1 amide bonds. The van der Waals surface area contributed by atoms with Crippen LogP contribution in [-0.2, 0) is 20.9 Å². The third kappa shape index (κ3) is 6.74. The summed E-state index contributed by atoms with van der Waals surface area (Å²) in [7, 11) is 7.32. The molecule has 0 atom stereocenters. The number of methoxy groups -OCH3 is 1. The lowest BCUT2D eigenvalue weighted by molar-refractivity contribution is -0.138. The smallest absolute Gasteiger partial charge is 0.325 e. The summed E-state index contributed by atoms with van der Waals surface area (Å²) >= 11 is 0. The van der Waals surface area contributed by atoms with Gasteiger partial charge < -0.3 is 19.4 Å². The Kier molecular flexibility index (Phi) is 9.06. The molecule has 4 rings (SSSR count). The first-order valence-corrected chi connectivity index (χ1v) is 13.4. The lowest BCUT2D eigenvalue weighted by Gasteiger charge is -2.30. The zero-order chi connectivity index (χ0) is 27.1. The minimum atomic E-state index is -0.301. The number of likely N-dealkylation sites (N-methyl/N-ethyl adjacent to an activating group) is 1. The lowest BCUT2D eigenvalue weighted by Crippen LogP contribution is -2.37. The highest BCUT2D eigenvalue weighted by molar-refractivity contribution is 5.95. The van der Waals surface area contributed by atoms with E-state index in [2.05, 4.69) is 53.4 Å². The maximum Gasteiger partial charge on any atom is 0.325 e. The van der Waals surface area contributed by atoms with Crippen molar-refractivity contribution in [1.29, 1.82) is 0 Å². The fraction of sp³-hybridized carbons (Fsp3) is 0.375. The van der Waals surface area contributed by atoms with Crippen LogP contribution in [0.15, 0.2) is 72.8 Å². The molecule has 0 aromatic heterocycles. The van der Waals surface area contributed by atoms with E-state index in [4.69, 9.17) is 4.74 Å². The minimum Gasteiger partial charge on any atom is -0.468 e. The molecule has 200 valence electrons. The zero-order valence-electron chi connectivity index (χ0n) is 23.0. The van der Waals surface area contributed by atoms with E-state index in [1.54, 1.807) is 0 Å². The maximum absolute atomic E-state index is 13.8. The predicted octanol–water partition coefficient (Wildman–Crippen LogP) is 6.14. The van der Waals surface area contributed by atoms with Crippen molar-refractivity contribution >= 4 is 28.9 Å². The molecular weight excluding hydrogens is 474 g/mol. The standard InChI is InChI=1S/C32H39N3O3/c1-33(2)28-19-17-26(18-20-28)25-15-13-24(14-16-25)22-35(32(37)27-9-6-5-7-10-27)30-12-8-11-29(21-30)34(3)23-31(36)38-4/h8,11-21,27H,5-7,9-10,22-23H2,1-4H3. The molecule has 0 aliphatic heterocycles. The van der Waals surface area contributed by atoms with Crippen molar-refractivity contribution in [2.75, 3.05) is 49.5 Å². The van der Waals surface area contributed by atoms with E-state index in [-0.39, 0.29) is 24.3 Å². The normalized spacial score (nSPS) is 13.6. The van der Waals surface area contributed by atoms with Crippen LogP contribution < -0.4 is 14.7 Å². The molecule has 6 nitrogen and oxygen atoms in total. The van der Waals surface area contributed by atoms with Crippen LogP contribution in [0, 0.1) is 5.92 Å². The summed E-state index contributed by atoms with van der Waals surface area (Å²) in [5.41, 5.74) is 6.27. The number of esters is 1. The minimum absolute atomic E-state index is 0.0506. The van der Waals surface area contributed by atoms with E-state index < -0.39 is 0 Å². The van der Waals surface area contributed by atoms with Crippen molar-refractivity contribution in [2.24, 2.45) is 5.92 Å². The topological polar surface area (TPSA) is 53.1 Å². The Bertz CT molecular complexity index is 1220. The number of carbonyl (C=O) groups excluding carboxylic acids is 2. The Balaban J connectivity index is 1.58. The number of ether oxygens (including phenoxy) is 1. The van der Waals surface area contributed by atoms with Gasteiger partial charge in [0.2, 0.25) is 5.91 Å². The van der Waals surface area contributed by atoms with Crippen LogP contribution in [0.4, 0.5) is 17.1 Å². The second-order valence-electron chi connectivity index (χ2n) is 10.3. The van der Waals surface area contributed by atoms with Crippen LogP contribution in [0.1, 0.15) is 37.7 Å². The number of hydrogen-bond donors (Lipinski definition) is 0. The first-order valence-electron chi connectivity index (χ1n) is 13.4. The second kappa shape index (κ2) is 12.6.